The van der Waals surface area contributed by atoms with Crippen LogP contribution in [0.3, 0.4) is 0 Å². The zero-order valence-electron chi connectivity index (χ0n) is 17.7. The van der Waals surface area contributed by atoms with Crippen LogP contribution in [0, 0.1) is 6.92 Å². The van der Waals surface area contributed by atoms with Gasteiger partial charge in [0.1, 0.15) is 11.2 Å². The number of nitrogens with one attached hydrogen (secondary N) is 2. The van der Waals surface area contributed by atoms with E-state index in [2.05, 4.69) is 53.3 Å². The van der Waals surface area contributed by atoms with Crippen LogP contribution in [0.25, 0.3) is 27.1 Å². The van der Waals surface area contributed by atoms with Crippen LogP contribution >= 0.6 is 11.3 Å². The van der Waals surface area contributed by atoms with Crippen molar-refractivity contribution >= 4 is 33.1 Å². The number of likely N-dealkylation sites (N-methyl/N-ethyl adjacent to an activating group) is 1. The molecule has 0 aliphatic carbocycles. The highest BCUT2D eigenvalue weighted by atomic mass is 32.1. The Morgan fingerprint density at radius 3 is 2.93 bits per heavy atom. The second-order valence-electron chi connectivity index (χ2n) is 8.42. The summed E-state index contributed by atoms with van der Waals surface area (Å²) in [5, 5.41) is 8.79. The molecule has 0 bridgehead atoms. The fourth-order valence-corrected chi connectivity index (χ4v) is 5.53. The summed E-state index contributed by atoms with van der Waals surface area (Å²) in [5.74, 6) is 0.421. The molecule has 4 aromatic heterocycles. The van der Waals surface area contributed by atoms with Crippen LogP contribution in [-0.2, 0) is 0 Å². The summed E-state index contributed by atoms with van der Waals surface area (Å²) in [5.41, 5.74) is 5.37. The van der Waals surface area contributed by atoms with E-state index in [4.69, 9.17) is 0 Å². The van der Waals surface area contributed by atoms with Gasteiger partial charge >= 0.3 is 0 Å². The maximum atomic E-state index is 13.1. The van der Waals surface area contributed by atoms with Crippen molar-refractivity contribution in [3.63, 3.8) is 0 Å². The maximum absolute atomic E-state index is 13.1. The van der Waals surface area contributed by atoms with Gasteiger partial charge in [-0.15, -0.1) is 11.3 Å². The van der Waals surface area contributed by atoms with Crippen LogP contribution in [0.4, 0.5) is 0 Å². The summed E-state index contributed by atoms with van der Waals surface area (Å²) >= 11 is 1.55. The minimum absolute atomic E-state index is 0.106. The highest BCUT2D eigenvalue weighted by molar-refractivity contribution is 7.20. The number of aromatic amines is 1. The van der Waals surface area contributed by atoms with Crippen LogP contribution in [-0.4, -0.2) is 56.6 Å². The van der Waals surface area contributed by atoms with E-state index < -0.39 is 0 Å². The normalized spacial score (nSPS) is 16.9. The standard InChI is InChI=1S/C22H26N6OS/c1-12(2)18-16-8-17(22(29)27(4)15-5-6-23-9-15)30-21(16)26-19(18)14-7-13(3)20-24-11-25-28(20)10-14/h7-8,10-12,15,23,26H,5-6,9H2,1-4H3/t15-/m1/s1. The fourth-order valence-electron chi connectivity index (χ4n) is 4.47. The van der Waals surface area contributed by atoms with Gasteiger partial charge < -0.3 is 15.2 Å². The first kappa shape index (κ1) is 19.3. The topological polar surface area (TPSA) is 78.3 Å². The SMILES string of the molecule is Cc1cc(-c2[nH]c3sc(C(=O)N(C)[C@@H]4CCNC4)cc3c2C(C)C)cn2ncnc12. The molecule has 1 amide bonds. The number of fused-ring (bicyclic) bond motifs is 2. The number of aromatic nitrogens is 4. The van der Waals surface area contributed by atoms with Crippen molar-refractivity contribution in [2.75, 3.05) is 20.1 Å². The van der Waals surface area contributed by atoms with Crippen molar-refractivity contribution in [3.05, 3.63) is 40.7 Å². The molecule has 1 atom stereocenters. The van der Waals surface area contributed by atoms with Gasteiger partial charge in [-0.2, -0.15) is 5.10 Å². The molecule has 0 saturated carbocycles. The molecule has 1 aliphatic heterocycles. The number of aryl methyl sites for hydroxylation is 1. The molecule has 30 heavy (non-hydrogen) atoms. The Kier molecular flexibility index (Phi) is 4.63. The van der Waals surface area contributed by atoms with Crippen molar-refractivity contribution < 1.29 is 4.79 Å². The smallest absolute Gasteiger partial charge is 0.264 e. The van der Waals surface area contributed by atoms with E-state index in [0.717, 1.165) is 57.1 Å². The Labute approximate surface area is 179 Å². The maximum Gasteiger partial charge on any atom is 0.264 e. The third kappa shape index (κ3) is 3.02. The lowest BCUT2D eigenvalue weighted by Crippen LogP contribution is -2.37. The number of nitrogens with zero attached hydrogens (tertiary/aromatic N) is 4. The predicted molar refractivity (Wildman–Crippen MR) is 120 cm³/mol. The fraction of sp³-hybridized carbons (Fsp3) is 0.409. The first-order valence-corrected chi connectivity index (χ1v) is 11.2. The van der Waals surface area contributed by atoms with Crippen LogP contribution < -0.4 is 5.32 Å². The molecular formula is C22H26N6OS. The van der Waals surface area contributed by atoms with E-state index in [0.29, 0.717) is 5.92 Å². The molecule has 0 unspecified atom stereocenters. The summed E-state index contributed by atoms with van der Waals surface area (Å²) < 4.78 is 1.82. The number of carbonyl (C=O) groups is 1. The number of thiophene rings is 1. The Morgan fingerprint density at radius 2 is 2.20 bits per heavy atom. The lowest BCUT2D eigenvalue weighted by Gasteiger charge is -2.23. The lowest BCUT2D eigenvalue weighted by atomic mass is 9.97. The summed E-state index contributed by atoms with van der Waals surface area (Å²) in [7, 11) is 1.92. The van der Waals surface area contributed by atoms with Crippen molar-refractivity contribution in [1.82, 2.24) is 29.8 Å². The summed E-state index contributed by atoms with van der Waals surface area (Å²) in [6.07, 6.45) is 4.61. The monoisotopic (exact) mass is 422 g/mol. The van der Waals surface area contributed by atoms with E-state index in [1.807, 2.05) is 22.7 Å². The van der Waals surface area contributed by atoms with Gasteiger partial charge in [0.25, 0.3) is 5.91 Å². The van der Waals surface area contributed by atoms with E-state index >= 15 is 0 Å². The number of carbonyl (C=O) groups excluding carboxylic acids is 1. The molecule has 0 spiro atoms. The molecule has 156 valence electrons. The van der Waals surface area contributed by atoms with Gasteiger partial charge in [0.05, 0.1) is 10.6 Å². The number of hydrogen-bond donors (Lipinski definition) is 2. The Bertz CT molecular complexity index is 1240. The molecule has 8 heteroatoms. The minimum atomic E-state index is 0.106. The van der Waals surface area contributed by atoms with Gasteiger partial charge in [-0.05, 0) is 49.1 Å². The number of H-pyrrole nitrogens is 1. The average Bonchev–Trinajstić information content (AvgIpc) is 3.49. The van der Waals surface area contributed by atoms with Crippen LogP contribution in [0.15, 0.2) is 24.7 Å². The van der Waals surface area contributed by atoms with Gasteiger partial charge in [0, 0.05) is 36.8 Å². The van der Waals surface area contributed by atoms with Crippen molar-refractivity contribution in [2.45, 2.75) is 39.2 Å². The molecule has 5 rings (SSSR count). The van der Waals surface area contributed by atoms with Gasteiger partial charge in [-0.25, -0.2) is 9.50 Å². The predicted octanol–water partition coefficient (Wildman–Crippen LogP) is 3.80. The van der Waals surface area contributed by atoms with E-state index in [9.17, 15) is 4.79 Å². The molecule has 5 heterocycles. The Hall–Kier alpha value is -2.71. The van der Waals surface area contributed by atoms with Gasteiger partial charge in [0.2, 0.25) is 0 Å². The van der Waals surface area contributed by atoms with Crippen LogP contribution in [0.5, 0.6) is 0 Å². The second kappa shape index (κ2) is 7.21. The number of rotatable bonds is 4. The minimum Gasteiger partial charge on any atom is -0.346 e. The highest BCUT2D eigenvalue weighted by Crippen LogP contribution is 2.40. The number of hydrogen-bond acceptors (Lipinski definition) is 5. The third-order valence-corrected chi connectivity index (χ3v) is 7.11. The second-order valence-corrected chi connectivity index (χ2v) is 9.48. The van der Waals surface area contributed by atoms with Crippen LogP contribution in [0.1, 0.15) is 47.0 Å². The van der Waals surface area contributed by atoms with Crippen LogP contribution in [0.2, 0.25) is 0 Å². The van der Waals surface area contributed by atoms with Gasteiger partial charge in [0.15, 0.2) is 5.65 Å². The summed E-state index contributed by atoms with van der Waals surface area (Å²) in [6.45, 7) is 8.30. The third-order valence-electron chi connectivity index (χ3n) is 6.07. The average molecular weight is 423 g/mol. The largest absolute Gasteiger partial charge is 0.346 e. The molecule has 1 fully saturated rings. The number of pyridine rings is 1. The Morgan fingerprint density at radius 1 is 1.37 bits per heavy atom. The molecule has 1 saturated heterocycles. The first-order chi connectivity index (χ1) is 14.4. The zero-order chi connectivity index (χ0) is 21.0. The lowest BCUT2D eigenvalue weighted by molar-refractivity contribution is 0.0748. The number of amides is 1. The zero-order valence-corrected chi connectivity index (χ0v) is 18.5. The molecule has 4 aromatic rings. The quantitative estimate of drug-likeness (QED) is 0.524. The summed E-state index contributed by atoms with van der Waals surface area (Å²) in [4.78, 5) is 24.7. The molecule has 1 aliphatic rings. The molecule has 2 N–H and O–H groups in total. The van der Waals surface area contributed by atoms with E-state index in [1.165, 1.54) is 5.56 Å². The van der Waals surface area contributed by atoms with Gasteiger partial charge in [-0.3, -0.25) is 4.79 Å². The molecule has 0 radical (unpaired) electrons. The molecular weight excluding hydrogens is 396 g/mol. The molecule has 0 aromatic carbocycles. The van der Waals surface area contributed by atoms with Crippen molar-refractivity contribution in [2.24, 2.45) is 0 Å². The van der Waals surface area contributed by atoms with Crippen molar-refractivity contribution in [1.29, 1.82) is 0 Å². The van der Waals surface area contributed by atoms with Crippen molar-refractivity contribution in [3.8, 4) is 11.3 Å². The first-order valence-electron chi connectivity index (χ1n) is 10.4. The molecule has 7 nitrogen and oxygen atoms in total. The summed E-state index contributed by atoms with van der Waals surface area (Å²) in [6, 6.07) is 4.49. The van der Waals surface area contributed by atoms with E-state index in [1.54, 1.807) is 17.7 Å². The highest BCUT2D eigenvalue weighted by Gasteiger charge is 2.27. The van der Waals surface area contributed by atoms with Gasteiger partial charge in [-0.1, -0.05) is 13.8 Å². The van der Waals surface area contributed by atoms with E-state index in [-0.39, 0.29) is 11.9 Å². The Balaban J connectivity index is 1.58.